The highest BCUT2D eigenvalue weighted by atomic mass is 35.5. The summed E-state index contributed by atoms with van der Waals surface area (Å²) in [6, 6.07) is 6.46. The molecule has 0 aliphatic rings. The van der Waals surface area contributed by atoms with Crippen molar-refractivity contribution in [1.82, 2.24) is 15.1 Å². The van der Waals surface area contributed by atoms with E-state index < -0.39 is 17.9 Å². The lowest BCUT2D eigenvalue weighted by Crippen LogP contribution is -2.38. The molecule has 0 spiro atoms. The van der Waals surface area contributed by atoms with E-state index in [0.29, 0.717) is 28.5 Å². The Bertz CT molecular complexity index is 755. The van der Waals surface area contributed by atoms with E-state index in [1.807, 2.05) is 18.2 Å². The van der Waals surface area contributed by atoms with E-state index >= 15 is 0 Å². The number of nitrogens with zero attached hydrogens (tertiary/aromatic N) is 2. The van der Waals surface area contributed by atoms with Crippen molar-refractivity contribution in [2.45, 2.75) is 33.4 Å². The SMILES string of the molecule is Cc1nn(Cc2ccccc2Cl)c(C)c1C(=O)N[C@H](C)C(=O)O. The van der Waals surface area contributed by atoms with Crippen molar-refractivity contribution in [2.75, 3.05) is 0 Å². The van der Waals surface area contributed by atoms with Gasteiger partial charge in [0.1, 0.15) is 6.04 Å². The Labute approximate surface area is 139 Å². The van der Waals surface area contributed by atoms with Gasteiger partial charge in [-0.05, 0) is 32.4 Å². The van der Waals surface area contributed by atoms with Crippen molar-refractivity contribution < 1.29 is 14.7 Å². The number of hydrogen-bond acceptors (Lipinski definition) is 3. The van der Waals surface area contributed by atoms with Crippen LogP contribution in [0.1, 0.15) is 34.2 Å². The standard InChI is InChI=1S/C16H18ClN3O3/c1-9-14(15(21)18-10(2)16(22)23)11(3)20(19-9)8-12-6-4-5-7-13(12)17/h4-7,10H,8H2,1-3H3,(H,18,21)(H,22,23)/t10-/m1/s1. The Hall–Kier alpha value is -2.34. The van der Waals surface area contributed by atoms with Gasteiger partial charge in [-0.2, -0.15) is 5.10 Å². The largest absolute Gasteiger partial charge is 0.480 e. The van der Waals surface area contributed by atoms with Gasteiger partial charge in [0.15, 0.2) is 0 Å². The van der Waals surface area contributed by atoms with Crippen LogP contribution < -0.4 is 5.32 Å². The van der Waals surface area contributed by atoms with Gasteiger partial charge < -0.3 is 10.4 Å². The third kappa shape index (κ3) is 3.71. The number of carbonyl (C=O) groups excluding carboxylic acids is 1. The van der Waals surface area contributed by atoms with Crippen LogP contribution >= 0.6 is 11.6 Å². The zero-order valence-corrected chi connectivity index (χ0v) is 13.9. The fraction of sp³-hybridized carbons (Fsp3) is 0.312. The molecule has 0 radical (unpaired) electrons. The summed E-state index contributed by atoms with van der Waals surface area (Å²) in [5.74, 6) is -1.53. The second-order valence-corrected chi connectivity index (χ2v) is 5.74. The first-order chi connectivity index (χ1) is 10.8. The molecule has 0 unspecified atom stereocenters. The molecule has 1 aromatic heterocycles. The first-order valence-electron chi connectivity index (χ1n) is 7.12. The van der Waals surface area contributed by atoms with E-state index in [4.69, 9.17) is 16.7 Å². The maximum absolute atomic E-state index is 12.3. The third-order valence-corrected chi connectivity index (χ3v) is 3.97. The Morgan fingerprint density at radius 2 is 2.00 bits per heavy atom. The van der Waals surface area contributed by atoms with Crippen LogP contribution in [0.3, 0.4) is 0 Å². The average molecular weight is 336 g/mol. The predicted octanol–water partition coefficient (Wildman–Crippen LogP) is 2.40. The second-order valence-electron chi connectivity index (χ2n) is 5.33. The molecule has 7 heteroatoms. The Morgan fingerprint density at radius 1 is 1.35 bits per heavy atom. The van der Waals surface area contributed by atoms with Crippen molar-refractivity contribution in [3.8, 4) is 0 Å². The van der Waals surface area contributed by atoms with Crippen LogP contribution in [0, 0.1) is 13.8 Å². The van der Waals surface area contributed by atoms with Gasteiger partial charge in [0.05, 0.1) is 17.8 Å². The monoisotopic (exact) mass is 335 g/mol. The van der Waals surface area contributed by atoms with Gasteiger partial charge in [-0.25, -0.2) is 0 Å². The summed E-state index contributed by atoms with van der Waals surface area (Å²) >= 11 is 6.15. The Kier molecular flexibility index (Phi) is 5.05. The van der Waals surface area contributed by atoms with E-state index in [-0.39, 0.29) is 0 Å². The highest BCUT2D eigenvalue weighted by Crippen LogP contribution is 2.19. The molecule has 1 atom stereocenters. The molecule has 0 aliphatic carbocycles. The number of carboxylic acid groups (broad SMARTS) is 1. The fourth-order valence-corrected chi connectivity index (χ4v) is 2.49. The van der Waals surface area contributed by atoms with Crippen LogP contribution in [0.2, 0.25) is 5.02 Å². The summed E-state index contributed by atoms with van der Waals surface area (Å²) in [5.41, 5.74) is 2.50. The highest BCUT2D eigenvalue weighted by molar-refractivity contribution is 6.31. The van der Waals surface area contributed by atoms with Crippen molar-refractivity contribution in [2.24, 2.45) is 0 Å². The second kappa shape index (κ2) is 6.83. The van der Waals surface area contributed by atoms with E-state index in [1.54, 1.807) is 24.6 Å². The van der Waals surface area contributed by atoms with Gasteiger partial charge in [-0.15, -0.1) is 0 Å². The van der Waals surface area contributed by atoms with Gasteiger partial charge in [0, 0.05) is 10.7 Å². The fourth-order valence-electron chi connectivity index (χ4n) is 2.30. The highest BCUT2D eigenvalue weighted by Gasteiger charge is 2.22. The molecule has 2 aromatic rings. The minimum Gasteiger partial charge on any atom is -0.480 e. The normalized spacial score (nSPS) is 12.0. The summed E-state index contributed by atoms with van der Waals surface area (Å²) in [4.78, 5) is 23.1. The summed E-state index contributed by atoms with van der Waals surface area (Å²) in [6.07, 6.45) is 0. The topological polar surface area (TPSA) is 84.2 Å². The van der Waals surface area contributed by atoms with Gasteiger partial charge in [0.2, 0.25) is 0 Å². The van der Waals surface area contributed by atoms with Gasteiger partial charge in [-0.1, -0.05) is 29.8 Å². The number of benzene rings is 1. The molecule has 2 N–H and O–H groups in total. The molecule has 122 valence electrons. The lowest BCUT2D eigenvalue weighted by atomic mass is 10.1. The Balaban J connectivity index is 2.27. The molecule has 1 heterocycles. The number of aliphatic carboxylic acids is 1. The zero-order chi connectivity index (χ0) is 17.1. The molecule has 1 aromatic carbocycles. The van der Waals surface area contributed by atoms with E-state index in [2.05, 4.69) is 10.4 Å². The number of carboxylic acids is 1. The molecular weight excluding hydrogens is 318 g/mol. The third-order valence-electron chi connectivity index (χ3n) is 3.60. The minimum atomic E-state index is -1.09. The van der Waals surface area contributed by atoms with Gasteiger partial charge >= 0.3 is 5.97 Å². The van der Waals surface area contributed by atoms with Crippen molar-refractivity contribution in [3.05, 3.63) is 51.8 Å². The number of rotatable bonds is 5. The number of nitrogens with one attached hydrogen (secondary N) is 1. The molecule has 0 fully saturated rings. The van der Waals surface area contributed by atoms with Crippen LogP contribution in [-0.4, -0.2) is 32.8 Å². The quantitative estimate of drug-likeness (QED) is 0.878. The molecule has 6 nitrogen and oxygen atoms in total. The maximum atomic E-state index is 12.3. The van der Waals surface area contributed by atoms with Gasteiger partial charge in [0.25, 0.3) is 5.91 Å². The summed E-state index contributed by atoms with van der Waals surface area (Å²) in [5, 5.41) is 16.3. The van der Waals surface area contributed by atoms with Crippen molar-refractivity contribution in [3.63, 3.8) is 0 Å². The summed E-state index contributed by atoms with van der Waals surface area (Å²) < 4.78 is 1.69. The predicted molar refractivity (Wildman–Crippen MR) is 86.8 cm³/mol. The number of aromatic nitrogens is 2. The molecular formula is C16H18ClN3O3. The zero-order valence-electron chi connectivity index (χ0n) is 13.1. The van der Waals surface area contributed by atoms with Crippen molar-refractivity contribution in [1.29, 1.82) is 0 Å². The molecule has 2 rings (SSSR count). The van der Waals surface area contributed by atoms with E-state index in [1.165, 1.54) is 6.92 Å². The molecule has 0 aliphatic heterocycles. The maximum Gasteiger partial charge on any atom is 0.325 e. The first kappa shape index (κ1) is 17.0. The Morgan fingerprint density at radius 3 is 2.61 bits per heavy atom. The molecule has 0 saturated heterocycles. The van der Waals surface area contributed by atoms with E-state index in [0.717, 1.165) is 5.56 Å². The van der Waals surface area contributed by atoms with Crippen LogP contribution in [0.5, 0.6) is 0 Å². The number of aryl methyl sites for hydroxylation is 1. The number of halogens is 1. The van der Waals surface area contributed by atoms with Crippen LogP contribution in [0.4, 0.5) is 0 Å². The van der Waals surface area contributed by atoms with Gasteiger partial charge in [-0.3, -0.25) is 14.3 Å². The van der Waals surface area contributed by atoms with Crippen LogP contribution in [0.25, 0.3) is 0 Å². The number of carbonyl (C=O) groups is 2. The first-order valence-corrected chi connectivity index (χ1v) is 7.50. The molecule has 0 saturated carbocycles. The lowest BCUT2D eigenvalue weighted by Gasteiger charge is -2.10. The average Bonchev–Trinajstić information content (AvgIpc) is 2.75. The molecule has 1 amide bonds. The summed E-state index contributed by atoms with van der Waals surface area (Å²) in [7, 11) is 0. The summed E-state index contributed by atoms with van der Waals surface area (Å²) in [6.45, 7) is 5.35. The van der Waals surface area contributed by atoms with E-state index in [9.17, 15) is 9.59 Å². The van der Waals surface area contributed by atoms with Crippen molar-refractivity contribution >= 4 is 23.5 Å². The minimum absolute atomic E-state index is 0.394. The lowest BCUT2D eigenvalue weighted by molar-refractivity contribution is -0.138. The number of amides is 1. The van der Waals surface area contributed by atoms with Crippen LogP contribution in [-0.2, 0) is 11.3 Å². The van der Waals surface area contributed by atoms with Crippen LogP contribution in [0.15, 0.2) is 24.3 Å². The smallest absolute Gasteiger partial charge is 0.325 e. The molecule has 23 heavy (non-hydrogen) atoms. The molecule has 0 bridgehead atoms. The number of hydrogen-bond donors (Lipinski definition) is 2.